The highest BCUT2D eigenvalue weighted by atomic mass is 19.1. The van der Waals surface area contributed by atoms with Crippen molar-refractivity contribution in [3.05, 3.63) is 29.6 Å². The molecule has 1 heterocycles. The quantitative estimate of drug-likeness (QED) is 0.780. The van der Waals surface area contributed by atoms with Gasteiger partial charge in [0.1, 0.15) is 5.82 Å². The summed E-state index contributed by atoms with van der Waals surface area (Å²) < 4.78 is 13.6. The molecule has 0 saturated carbocycles. The van der Waals surface area contributed by atoms with Crippen LogP contribution in [0.4, 0.5) is 10.1 Å². The van der Waals surface area contributed by atoms with E-state index in [4.69, 9.17) is 5.73 Å². The lowest BCUT2D eigenvalue weighted by Gasteiger charge is -2.33. The van der Waals surface area contributed by atoms with Crippen LogP contribution >= 0.6 is 0 Å². The predicted molar refractivity (Wildman–Crippen MR) is 64.5 cm³/mol. The van der Waals surface area contributed by atoms with Crippen LogP contribution in [0.15, 0.2) is 18.2 Å². The summed E-state index contributed by atoms with van der Waals surface area (Å²) in [6.45, 7) is 3.89. The first-order chi connectivity index (χ1) is 7.68. The highest BCUT2D eigenvalue weighted by molar-refractivity contribution is 5.47. The van der Waals surface area contributed by atoms with Gasteiger partial charge in [-0.25, -0.2) is 4.39 Å². The second-order valence-electron chi connectivity index (χ2n) is 4.62. The number of benzene rings is 1. The summed E-state index contributed by atoms with van der Waals surface area (Å²) in [4.78, 5) is 2.32. The highest BCUT2D eigenvalue weighted by Gasteiger charge is 2.20. The number of hydrogen-bond acceptors (Lipinski definition) is 2. The molecule has 0 aromatic heterocycles. The molecule has 1 aliphatic heterocycles. The summed E-state index contributed by atoms with van der Waals surface area (Å²) in [5.74, 6) is -0.183. The number of piperidine rings is 1. The zero-order valence-corrected chi connectivity index (χ0v) is 9.75. The van der Waals surface area contributed by atoms with E-state index in [-0.39, 0.29) is 5.82 Å². The predicted octanol–water partition coefficient (Wildman–Crippen LogP) is 2.78. The Morgan fingerprint density at radius 2 is 2.25 bits per heavy atom. The summed E-state index contributed by atoms with van der Waals surface area (Å²) >= 11 is 0. The number of anilines is 1. The topological polar surface area (TPSA) is 29.3 Å². The Bertz CT molecular complexity index is 345. The van der Waals surface area contributed by atoms with E-state index in [1.807, 2.05) is 0 Å². The van der Waals surface area contributed by atoms with E-state index in [1.165, 1.54) is 25.3 Å². The molecular weight excluding hydrogens is 203 g/mol. The maximum Gasteiger partial charge on any atom is 0.129 e. The number of rotatable bonds is 2. The van der Waals surface area contributed by atoms with Crippen LogP contribution in [0.5, 0.6) is 0 Å². The molecule has 16 heavy (non-hydrogen) atoms. The Morgan fingerprint density at radius 3 is 2.94 bits per heavy atom. The Hall–Kier alpha value is -1.09. The molecule has 0 aliphatic carbocycles. The lowest BCUT2D eigenvalue weighted by Crippen LogP contribution is -2.37. The van der Waals surface area contributed by atoms with E-state index in [1.54, 1.807) is 12.1 Å². The summed E-state index contributed by atoms with van der Waals surface area (Å²) in [5.41, 5.74) is 7.03. The number of nitrogens with two attached hydrogens (primary N) is 1. The van der Waals surface area contributed by atoms with Gasteiger partial charge in [-0.15, -0.1) is 0 Å². The average molecular weight is 222 g/mol. The van der Waals surface area contributed by atoms with Gasteiger partial charge in [0, 0.05) is 23.8 Å². The van der Waals surface area contributed by atoms with Crippen molar-refractivity contribution < 1.29 is 4.39 Å². The summed E-state index contributed by atoms with van der Waals surface area (Å²) in [6, 6.07) is 5.45. The minimum Gasteiger partial charge on any atom is -0.398 e. The second kappa shape index (κ2) is 4.83. The maximum absolute atomic E-state index is 13.6. The average Bonchev–Trinajstić information content (AvgIpc) is 2.26. The smallest absolute Gasteiger partial charge is 0.129 e. The van der Waals surface area contributed by atoms with Crippen molar-refractivity contribution in [3.63, 3.8) is 0 Å². The fourth-order valence-corrected chi connectivity index (χ4v) is 2.34. The van der Waals surface area contributed by atoms with Crippen molar-refractivity contribution in [3.8, 4) is 0 Å². The van der Waals surface area contributed by atoms with E-state index < -0.39 is 0 Å². The van der Waals surface area contributed by atoms with Gasteiger partial charge in [-0.3, -0.25) is 4.90 Å². The first-order valence-corrected chi connectivity index (χ1v) is 5.95. The van der Waals surface area contributed by atoms with Crippen LogP contribution < -0.4 is 5.73 Å². The summed E-state index contributed by atoms with van der Waals surface area (Å²) in [6.07, 6.45) is 3.69. The fourth-order valence-electron chi connectivity index (χ4n) is 2.34. The Balaban J connectivity index is 2.13. The molecule has 0 bridgehead atoms. The van der Waals surface area contributed by atoms with Gasteiger partial charge in [-0.2, -0.15) is 0 Å². The van der Waals surface area contributed by atoms with Crippen LogP contribution in [-0.4, -0.2) is 17.5 Å². The van der Waals surface area contributed by atoms with Crippen molar-refractivity contribution in [1.29, 1.82) is 0 Å². The molecule has 1 fully saturated rings. The lowest BCUT2D eigenvalue weighted by molar-refractivity contribution is 0.151. The van der Waals surface area contributed by atoms with Gasteiger partial charge in [0.25, 0.3) is 0 Å². The number of hydrogen-bond donors (Lipinski definition) is 1. The zero-order chi connectivity index (χ0) is 11.5. The van der Waals surface area contributed by atoms with Crippen LogP contribution in [0, 0.1) is 5.82 Å². The normalized spacial score (nSPS) is 22.2. The highest BCUT2D eigenvalue weighted by Crippen LogP contribution is 2.23. The Kier molecular flexibility index (Phi) is 3.44. The molecule has 2 nitrogen and oxygen atoms in total. The van der Waals surface area contributed by atoms with E-state index in [2.05, 4.69) is 11.8 Å². The lowest BCUT2D eigenvalue weighted by atomic mass is 10.0. The Labute approximate surface area is 96.2 Å². The van der Waals surface area contributed by atoms with E-state index >= 15 is 0 Å². The number of nitrogen functional groups attached to an aromatic ring is 1. The number of halogens is 1. The van der Waals surface area contributed by atoms with Crippen molar-refractivity contribution in [1.82, 2.24) is 4.90 Å². The zero-order valence-electron chi connectivity index (χ0n) is 9.75. The molecule has 1 unspecified atom stereocenters. The molecule has 1 atom stereocenters. The Morgan fingerprint density at radius 1 is 1.44 bits per heavy atom. The third kappa shape index (κ3) is 2.35. The van der Waals surface area contributed by atoms with Crippen LogP contribution in [0.25, 0.3) is 0 Å². The minimum atomic E-state index is -0.183. The first-order valence-electron chi connectivity index (χ1n) is 5.95. The van der Waals surface area contributed by atoms with Crippen LogP contribution in [0.2, 0.25) is 0 Å². The number of likely N-dealkylation sites (tertiary alicyclic amines) is 1. The molecule has 2 N–H and O–H groups in total. The van der Waals surface area contributed by atoms with Gasteiger partial charge < -0.3 is 5.73 Å². The monoisotopic (exact) mass is 222 g/mol. The summed E-state index contributed by atoms with van der Waals surface area (Å²) in [7, 11) is 0. The van der Waals surface area contributed by atoms with Gasteiger partial charge in [-0.05, 0) is 38.4 Å². The molecule has 1 aromatic carbocycles. The molecule has 1 saturated heterocycles. The van der Waals surface area contributed by atoms with Gasteiger partial charge in [-0.1, -0.05) is 12.5 Å². The van der Waals surface area contributed by atoms with Crippen molar-refractivity contribution >= 4 is 5.69 Å². The second-order valence-corrected chi connectivity index (χ2v) is 4.62. The van der Waals surface area contributed by atoms with Crippen molar-refractivity contribution in [2.45, 2.75) is 38.8 Å². The standard InChI is InChI=1S/C13H19FN2/c1-10-5-2-3-8-16(10)9-11-12(14)6-4-7-13(11)15/h4,6-7,10H,2-3,5,8-9,15H2,1H3. The van der Waals surface area contributed by atoms with Crippen molar-refractivity contribution in [2.75, 3.05) is 12.3 Å². The molecule has 0 spiro atoms. The van der Waals surface area contributed by atoms with Gasteiger partial charge in [0.15, 0.2) is 0 Å². The molecule has 0 amide bonds. The molecule has 2 rings (SSSR count). The molecule has 1 aliphatic rings. The van der Waals surface area contributed by atoms with Crippen molar-refractivity contribution in [2.24, 2.45) is 0 Å². The minimum absolute atomic E-state index is 0.183. The molecule has 1 aromatic rings. The molecular formula is C13H19FN2. The third-order valence-corrected chi connectivity index (χ3v) is 3.46. The third-order valence-electron chi connectivity index (χ3n) is 3.46. The van der Waals surface area contributed by atoms with Crippen LogP contribution in [0.3, 0.4) is 0 Å². The molecule has 0 radical (unpaired) electrons. The van der Waals surface area contributed by atoms with Crippen LogP contribution in [0.1, 0.15) is 31.7 Å². The largest absolute Gasteiger partial charge is 0.398 e. The molecule has 88 valence electrons. The molecule has 3 heteroatoms. The van der Waals surface area contributed by atoms with E-state index in [0.717, 1.165) is 6.54 Å². The van der Waals surface area contributed by atoms with Gasteiger partial charge in [0.2, 0.25) is 0 Å². The van der Waals surface area contributed by atoms with Crippen LogP contribution in [-0.2, 0) is 6.54 Å². The number of nitrogens with zero attached hydrogens (tertiary/aromatic N) is 1. The summed E-state index contributed by atoms with van der Waals surface area (Å²) in [5, 5.41) is 0. The van der Waals surface area contributed by atoms with E-state index in [0.29, 0.717) is 23.8 Å². The van der Waals surface area contributed by atoms with Gasteiger partial charge in [0.05, 0.1) is 0 Å². The fraction of sp³-hybridized carbons (Fsp3) is 0.538. The maximum atomic E-state index is 13.6. The van der Waals surface area contributed by atoms with E-state index in [9.17, 15) is 4.39 Å². The SMILES string of the molecule is CC1CCCCN1Cc1c(N)cccc1F. The first kappa shape index (κ1) is 11.4. The van der Waals surface area contributed by atoms with Gasteiger partial charge >= 0.3 is 0 Å².